The number of hydrogen-bond acceptors (Lipinski definition) is 6. The average Bonchev–Trinajstić information content (AvgIpc) is 3.45. The van der Waals surface area contributed by atoms with Crippen LogP contribution in [0.3, 0.4) is 0 Å². The van der Waals surface area contributed by atoms with E-state index in [0.717, 1.165) is 60.1 Å². The molecule has 2 aliphatic heterocycles. The smallest absolute Gasteiger partial charge is 0.228 e. The molecule has 8 heteroatoms. The van der Waals surface area contributed by atoms with E-state index in [0.29, 0.717) is 19.4 Å². The summed E-state index contributed by atoms with van der Waals surface area (Å²) < 4.78 is 7.45. The summed E-state index contributed by atoms with van der Waals surface area (Å²) in [6, 6.07) is 10.0. The molecule has 1 amide bonds. The number of rotatable bonds is 6. The number of methoxy groups -OCH3 is 1. The maximum atomic E-state index is 13.0. The van der Waals surface area contributed by atoms with Gasteiger partial charge in [0.25, 0.3) is 0 Å². The molecule has 8 nitrogen and oxygen atoms in total. The Morgan fingerprint density at radius 1 is 1.12 bits per heavy atom. The van der Waals surface area contributed by atoms with Crippen LogP contribution in [0.5, 0.6) is 5.75 Å². The first-order chi connectivity index (χ1) is 16.0. The second-order valence-corrected chi connectivity index (χ2v) is 8.84. The van der Waals surface area contributed by atoms with Crippen LogP contribution in [-0.2, 0) is 31.4 Å². The van der Waals surface area contributed by atoms with Gasteiger partial charge in [-0.1, -0.05) is 18.2 Å². The highest BCUT2D eigenvalue weighted by atomic mass is 16.5. The van der Waals surface area contributed by atoms with Gasteiger partial charge in [0.1, 0.15) is 17.4 Å². The summed E-state index contributed by atoms with van der Waals surface area (Å²) in [4.78, 5) is 27.2. The minimum absolute atomic E-state index is 0.0932. The van der Waals surface area contributed by atoms with Crippen LogP contribution in [0, 0.1) is 6.92 Å². The van der Waals surface area contributed by atoms with Crippen molar-refractivity contribution in [2.75, 3.05) is 18.6 Å². The second-order valence-electron chi connectivity index (χ2n) is 8.84. The molecule has 0 N–H and O–H groups in total. The Balaban J connectivity index is 1.48. The van der Waals surface area contributed by atoms with E-state index in [1.807, 2.05) is 54.0 Å². The van der Waals surface area contributed by atoms with E-state index in [4.69, 9.17) is 14.7 Å². The number of carbonyl (C=O) groups is 1. The first-order valence-corrected chi connectivity index (χ1v) is 11.6. The lowest BCUT2D eigenvalue weighted by Crippen LogP contribution is -2.37. The van der Waals surface area contributed by atoms with Crippen LogP contribution < -0.4 is 9.64 Å². The fourth-order valence-corrected chi connectivity index (χ4v) is 4.99. The van der Waals surface area contributed by atoms with Gasteiger partial charge >= 0.3 is 0 Å². The SMILES string of the molecule is COc1ccccc1CN1C(=O)CCc2c(C)nc(C3CCCN3Cc3ccnn3C)nc21. The summed E-state index contributed by atoms with van der Waals surface area (Å²) in [6.45, 7) is 4.29. The quantitative estimate of drug-likeness (QED) is 0.578. The second kappa shape index (κ2) is 8.94. The van der Waals surface area contributed by atoms with Crippen LogP contribution in [-0.4, -0.2) is 44.2 Å². The van der Waals surface area contributed by atoms with E-state index < -0.39 is 0 Å². The lowest BCUT2D eigenvalue weighted by Gasteiger charge is -2.31. The van der Waals surface area contributed by atoms with Gasteiger partial charge in [0.2, 0.25) is 5.91 Å². The Morgan fingerprint density at radius 2 is 1.97 bits per heavy atom. The Morgan fingerprint density at radius 3 is 2.76 bits per heavy atom. The van der Waals surface area contributed by atoms with Gasteiger partial charge in [-0.05, 0) is 44.9 Å². The molecule has 4 heterocycles. The number of benzene rings is 1. The third-order valence-corrected chi connectivity index (χ3v) is 6.83. The van der Waals surface area contributed by atoms with E-state index in [1.165, 1.54) is 5.69 Å². The minimum atomic E-state index is 0.0932. The van der Waals surface area contributed by atoms with Gasteiger partial charge in [0, 0.05) is 43.0 Å². The maximum absolute atomic E-state index is 13.0. The Bertz CT molecular complexity index is 1170. The highest BCUT2D eigenvalue weighted by Crippen LogP contribution is 2.36. The number of hydrogen-bond donors (Lipinski definition) is 0. The Labute approximate surface area is 194 Å². The first kappa shape index (κ1) is 21.6. The van der Waals surface area contributed by atoms with Crippen LogP contribution in [0.1, 0.15) is 53.6 Å². The van der Waals surface area contributed by atoms with Crippen molar-refractivity contribution in [3.63, 3.8) is 0 Å². The van der Waals surface area contributed by atoms with E-state index in [1.54, 1.807) is 7.11 Å². The van der Waals surface area contributed by atoms with Crippen molar-refractivity contribution < 1.29 is 9.53 Å². The highest BCUT2D eigenvalue weighted by molar-refractivity contribution is 5.95. The minimum Gasteiger partial charge on any atom is -0.496 e. The molecule has 2 aliphatic rings. The zero-order valence-electron chi connectivity index (χ0n) is 19.5. The number of ether oxygens (including phenoxy) is 1. The summed E-state index contributed by atoms with van der Waals surface area (Å²) in [5.41, 5.74) is 4.19. The summed E-state index contributed by atoms with van der Waals surface area (Å²) in [7, 11) is 3.63. The van der Waals surface area contributed by atoms with Crippen molar-refractivity contribution >= 4 is 11.7 Å². The molecule has 1 atom stereocenters. The molecule has 1 unspecified atom stereocenters. The molecule has 0 aliphatic carbocycles. The standard InChI is InChI=1S/C25H30N6O2/c1-17-20-10-11-23(32)31(15-18-7-4-5-9-22(18)33-3)25(20)28-24(27-17)21-8-6-14-30(21)16-19-12-13-26-29(19)2/h4-5,7,9,12-13,21H,6,8,10-11,14-16H2,1-3H3. The van der Waals surface area contributed by atoms with Crippen molar-refractivity contribution in [3.8, 4) is 5.75 Å². The van der Waals surface area contributed by atoms with Crippen LogP contribution in [0.2, 0.25) is 0 Å². The third-order valence-electron chi connectivity index (χ3n) is 6.83. The number of fused-ring (bicyclic) bond motifs is 1. The number of amides is 1. The third kappa shape index (κ3) is 4.11. The largest absolute Gasteiger partial charge is 0.496 e. The molecule has 33 heavy (non-hydrogen) atoms. The van der Waals surface area contributed by atoms with Crippen LogP contribution in [0.15, 0.2) is 36.5 Å². The molecular weight excluding hydrogens is 416 g/mol. The summed E-state index contributed by atoms with van der Waals surface area (Å²) >= 11 is 0. The molecule has 0 radical (unpaired) electrons. The number of anilines is 1. The molecule has 1 aromatic carbocycles. The van der Waals surface area contributed by atoms with Gasteiger partial charge in [-0.3, -0.25) is 19.3 Å². The molecule has 1 fully saturated rings. The summed E-state index contributed by atoms with van der Waals surface area (Å²) in [6.07, 6.45) is 5.11. The number of para-hydroxylation sites is 1. The monoisotopic (exact) mass is 446 g/mol. The number of nitrogens with zero attached hydrogens (tertiary/aromatic N) is 6. The lowest BCUT2D eigenvalue weighted by atomic mass is 10.0. The average molecular weight is 447 g/mol. The summed E-state index contributed by atoms with van der Waals surface area (Å²) in [5, 5.41) is 4.30. The number of aromatic nitrogens is 4. The van der Waals surface area contributed by atoms with Crippen molar-refractivity contribution in [1.29, 1.82) is 0 Å². The zero-order chi connectivity index (χ0) is 22.9. The van der Waals surface area contributed by atoms with Crippen LogP contribution in [0.4, 0.5) is 5.82 Å². The molecule has 3 aromatic rings. The van der Waals surface area contributed by atoms with Crippen LogP contribution in [0.25, 0.3) is 0 Å². The zero-order valence-corrected chi connectivity index (χ0v) is 19.5. The van der Waals surface area contributed by atoms with Gasteiger partial charge in [-0.2, -0.15) is 5.10 Å². The maximum Gasteiger partial charge on any atom is 0.228 e. The predicted octanol–water partition coefficient (Wildman–Crippen LogP) is 3.34. The number of aryl methyl sites for hydroxylation is 2. The highest BCUT2D eigenvalue weighted by Gasteiger charge is 2.33. The van der Waals surface area contributed by atoms with E-state index in [2.05, 4.69) is 16.1 Å². The molecule has 0 spiro atoms. The van der Waals surface area contributed by atoms with Crippen LogP contribution >= 0.6 is 0 Å². The van der Waals surface area contributed by atoms with Gasteiger partial charge in [-0.25, -0.2) is 9.97 Å². The topological polar surface area (TPSA) is 76.4 Å². The fourth-order valence-electron chi connectivity index (χ4n) is 4.99. The lowest BCUT2D eigenvalue weighted by molar-refractivity contribution is -0.119. The van der Waals surface area contributed by atoms with Gasteiger partial charge in [0.05, 0.1) is 25.4 Å². The molecular formula is C25H30N6O2. The summed E-state index contributed by atoms with van der Waals surface area (Å²) in [5.74, 6) is 2.44. The molecule has 172 valence electrons. The molecule has 2 aromatic heterocycles. The fraction of sp³-hybridized carbons (Fsp3) is 0.440. The van der Waals surface area contributed by atoms with Crippen molar-refractivity contribution in [2.45, 2.75) is 51.7 Å². The van der Waals surface area contributed by atoms with Gasteiger partial charge in [0.15, 0.2) is 0 Å². The predicted molar refractivity (Wildman–Crippen MR) is 125 cm³/mol. The van der Waals surface area contributed by atoms with E-state index in [9.17, 15) is 4.79 Å². The molecule has 5 rings (SSSR count). The molecule has 0 bridgehead atoms. The number of likely N-dealkylation sites (tertiary alicyclic amines) is 1. The van der Waals surface area contributed by atoms with Gasteiger partial charge in [-0.15, -0.1) is 0 Å². The molecule has 0 saturated carbocycles. The molecule has 1 saturated heterocycles. The van der Waals surface area contributed by atoms with Gasteiger partial charge < -0.3 is 4.74 Å². The van der Waals surface area contributed by atoms with E-state index in [-0.39, 0.29) is 11.9 Å². The first-order valence-electron chi connectivity index (χ1n) is 11.6. The van der Waals surface area contributed by atoms with Crippen molar-refractivity contribution in [2.24, 2.45) is 7.05 Å². The Kier molecular flexibility index (Phi) is 5.85. The number of carbonyl (C=O) groups excluding carboxylic acids is 1. The van der Waals surface area contributed by atoms with E-state index >= 15 is 0 Å². The van der Waals surface area contributed by atoms with Crippen molar-refractivity contribution in [3.05, 3.63) is 64.9 Å². The van der Waals surface area contributed by atoms with Crippen molar-refractivity contribution in [1.82, 2.24) is 24.6 Å². The normalized spacial score (nSPS) is 18.6. The Hall–Kier alpha value is -3.26.